The van der Waals surface area contributed by atoms with E-state index in [1.807, 2.05) is 12.4 Å². The molecule has 0 amide bonds. The fourth-order valence-electron chi connectivity index (χ4n) is 4.23. The van der Waals surface area contributed by atoms with Crippen molar-refractivity contribution in [2.24, 2.45) is 0 Å². The number of H-pyrrole nitrogens is 1. The molecule has 1 saturated heterocycles. The summed E-state index contributed by atoms with van der Waals surface area (Å²) in [5.41, 5.74) is 2.80. The van der Waals surface area contributed by atoms with Crippen LogP contribution in [0.5, 0.6) is 0 Å². The third-order valence-corrected chi connectivity index (χ3v) is 5.85. The maximum absolute atomic E-state index is 4.52. The molecule has 0 aromatic carbocycles. The lowest BCUT2D eigenvalue weighted by molar-refractivity contribution is 0.200. The number of hydrogen-bond acceptors (Lipinski definition) is 5. The highest BCUT2D eigenvalue weighted by molar-refractivity contribution is 5.41. The highest BCUT2D eigenvalue weighted by Gasteiger charge is 2.36. The zero-order chi connectivity index (χ0) is 16.6. The molecule has 3 aliphatic rings. The number of likely N-dealkylation sites (tertiary alicyclic amines) is 1. The zero-order valence-electron chi connectivity index (χ0n) is 14.6. The summed E-state index contributed by atoms with van der Waals surface area (Å²) in [6.45, 7) is 3.37. The van der Waals surface area contributed by atoms with E-state index < -0.39 is 0 Å². The molecule has 6 nitrogen and oxygen atoms in total. The minimum Gasteiger partial charge on any atom is -0.350 e. The van der Waals surface area contributed by atoms with Gasteiger partial charge in [-0.1, -0.05) is 0 Å². The van der Waals surface area contributed by atoms with Crippen molar-refractivity contribution >= 4 is 5.82 Å². The molecule has 25 heavy (non-hydrogen) atoms. The first kappa shape index (κ1) is 15.3. The van der Waals surface area contributed by atoms with E-state index >= 15 is 0 Å². The largest absolute Gasteiger partial charge is 0.350 e. The van der Waals surface area contributed by atoms with Crippen molar-refractivity contribution in [2.45, 2.75) is 63.1 Å². The highest BCUT2D eigenvalue weighted by Crippen LogP contribution is 2.41. The van der Waals surface area contributed by atoms with Crippen molar-refractivity contribution in [3.8, 4) is 0 Å². The normalized spacial score (nSPS) is 22.2. The standard InChI is InChI=1S/C19H26N6/c1-2-14(1)19-15(11-22-23-19)12-24-9-6-17(7-10-24)25(16-3-4-16)18-5-8-20-13-21-18/h5,8,11,13-14,16-17H,1-4,6-7,9-10,12H2,(H,22,23). The van der Waals surface area contributed by atoms with Gasteiger partial charge in [0.1, 0.15) is 12.1 Å². The molecule has 0 bridgehead atoms. The molecular formula is C19H26N6. The lowest BCUT2D eigenvalue weighted by Crippen LogP contribution is -2.46. The quantitative estimate of drug-likeness (QED) is 0.877. The maximum atomic E-state index is 4.52. The molecule has 0 radical (unpaired) electrons. The SMILES string of the molecule is c1cc(N(C2CC2)C2CCN(Cc3cn[nH]c3C3CC3)CC2)ncn1. The maximum Gasteiger partial charge on any atom is 0.132 e. The van der Waals surface area contributed by atoms with E-state index in [-0.39, 0.29) is 0 Å². The summed E-state index contributed by atoms with van der Waals surface area (Å²) in [6.07, 6.45) is 13.3. The fourth-order valence-corrected chi connectivity index (χ4v) is 4.23. The predicted molar refractivity (Wildman–Crippen MR) is 96.4 cm³/mol. The van der Waals surface area contributed by atoms with Gasteiger partial charge in [-0.3, -0.25) is 10.00 Å². The molecule has 0 unspecified atom stereocenters. The molecule has 1 aliphatic heterocycles. The van der Waals surface area contributed by atoms with Crippen LogP contribution in [0, 0.1) is 0 Å². The van der Waals surface area contributed by atoms with E-state index in [1.54, 1.807) is 6.33 Å². The van der Waals surface area contributed by atoms with E-state index in [2.05, 4.69) is 36.0 Å². The van der Waals surface area contributed by atoms with Crippen LogP contribution in [0.3, 0.4) is 0 Å². The van der Waals surface area contributed by atoms with Gasteiger partial charge in [-0.25, -0.2) is 9.97 Å². The predicted octanol–water partition coefficient (Wildman–Crippen LogP) is 2.71. The molecule has 3 heterocycles. The summed E-state index contributed by atoms with van der Waals surface area (Å²) < 4.78 is 0. The van der Waals surface area contributed by atoms with Crippen molar-refractivity contribution in [1.29, 1.82) is 0 Å². The first-order chi connectivity index (χ1) is 12.4. The lowest BCUT2D eigenvalue weighted by atomic mass is 10.0. The lowest BCUT2D eigenvalue weighted by Gasteiger charge is -2.39. The van der Waals surface area contributed by atoms with Gasteiger partial charge in [0, 0.05) is 55.1 Å². The van der Waals surface area contributed by atoms with Crippen LogP contribution < -0.4 is 4.90 Å². The molecule has 3 fully saturated rings. The Morgan fingerprint density at radius 3 is 2.56 bits per heavy atom. The number of aromatic nitrogens is 4. The molecule has 1 N–H and O–H groups in total. The molecule has 2 saturated carbocycles. The van der Waals surface area contributed by atoms with Gasteiger partial charge in [-0.05, 0) is 44.6 Å². The van der Waals surface area contributed by atoms with Crippen LogP contribution in [0.1, 0.15) is 55.7 Å². The smallest absolute Gasteiger partial charge is 0.132 e. The summed E-state index contributed by atoms with van der Waals surface area (Å²) in [5, 5.41) is 7.52. The summed E-state index contributed by atoms with van der Waals surface area (Å²) >= 11 is 0. The molecule has 2 aliphatic carbocycles. The van der Waals surface area contributed by atoms with Crippen molar-refractivity contribution in [3.63, 3.8) is 0 Å². The topological polar surface area (TPSA) is 60.9 Å². The Bertz CT molecular complexity index is 698. The first-order valence-electron chi connectivity index (χ1n) is 9.67. The monoisotopic (exact) mass is 338 g/mol. The van der Waals surface area contributed by atoms with Crippen molar-refractivity contribution in [2.75, 3.05) is 18.0 Å². The van der Waals surface area contributed by atoms with Crippen LogP contribution in [0.15, 0.2) is 24.8 Å². The van der Waals surface area contributed by atoms with Crippen LogP contribution >= 0.6 is 0 Å². The molecule has 5 rings (SSSR count). The molecule has 2 aromatic heterocycles. The van der Waals surface area contributed by atoms with Gasteiger partial charge < -0.3 is 4.90 Å². The molecule has 0 spiro atoms. The van der Waals surface area contributed by atoms with Crippen molar-refractivity contribution in [3.05, 3.63) is 36.0 Å². The van der Waals surface area contributed by atoms with E-state index in [0.29, 0.717) is 12.1 Å². The Balaban J connectivity index is 1.22. The average Bonchev–Trinajstić information content (AvgIpc) is 3.58. The molecular weight excluding hydrogens is 312 g/mol. The highest BCUT2D eigenvalue weighted by atomic mass is 15.3. The number of nitrogens with zero attached hydrogens (tertiary/aromatic N) is 5. The van der Waals surface area contributed by atoms with Gasteiger partial charge in [0.05, 0.1) is 6.20 Å². The van der Waals surface area contributed by atoms with Gasteiger partial charge >= 0.3 is 0 Å². The number of anilines is 1. The number of nitrogens with one attached hydrogen (secondary N) is 1. The van der Waals surface area contributed by atoms with Crippen LogP contribution in [0.2, 0.25) is 0 Å². The van der Waals surface area contributed by atoms with Crippen LogP contribution in [-0.2, 0) is 6.54 Å². The van der Waals surface area contributed by atoms with Crippen LogP contribution in [0.25, 0.3) is 0 Å². The average molecular weight is 338 g/mol. The van der Waals surface area contributed by atoms with Crippen molar-refractivity contribution in [1.82, 2.24) is 25.1 Å². The fraction of sp³-hybridized carbons (Fsp3) is 0.632. The summed E-state index contributed by atoms with van der Waals surface area (Å²) in [5.74, 6) is 1.86. The van der Waals surface area contributed by atoms with Crippen molar-refractivity contribution < 1.29 is 0 Å². The van der Waals surface area contributed by atoms with E-state index in [9.17, 15) is 0 Å². The van der Waals surface area contributed by atoms with Gasteiger partial charge in [0.15, 0.2) is 0 Å². The third-order valence-electron chi connectivity index (χ3n) is 5.85. The minimum atomic E-state index is 0.617. The third kappa shape index (κ3) is 3.27. The van der Waals surface area contributed by atoms with Crippen LogP contribution in [0.4, 0.5) is 5.82 Å². The van der Waals surface area contributed by atoms with Crippen LogP contribution in [-0.4, -0.2) is 50.2 Å². The molecule has 132 valence electrons. The van der Waals surface area contributed by atoms with E-state index in [0.717, 1.165) is 31.4 Å². The Morgan fingerprint density at radius 1 is 1.08 bits per heavy atom. The summed E-state index contributed by atoms with van der Waals surface area (Å²) in [7, 11) is 0. The molecule has 0 atom stereocenters. The minimum absolute atomic E-state index is 0.617. The summed E-state index contributed by atoms with van der Waals surface area (Å²) in [4.78, 5) is 13.8. The summed E-state index contributed by atoms with van der Waals surface area (Å²) in [6, 6.07) is 3.38. The van der Waals surface area contributed by atoms with Gasteiger partial charge in [0.25, 0.3) is 0 Å². The molecule has 6 heteroatoms. The van der Waals surface area contributed by atoms with Gasteiger partial charge in [0.2, 0.25) is 0 Å². The second-order valence-corrected chi connectivity index (χ2v) is 7.80. The van der Waals surface area contributed by atoms with Gasteiger partial charge in [-0.15, -0.1) is 0 Å². The van der Waals surface area contributed by atoms with E-state index in [4.69, 9.17) is 0 Å². The zero-order valence-corrected chi connectivity index (χ0v) is 14.6. The molecule has 2 aromatic rings. The second kappa shape index (κ2) is 6.41. The second-order valence-electron chi connectivity index (χ2n) is 7.80. The van der Waals surface area contributed by atoms with Gasteiger partial charge in [-0.2, -0.15) is 5.10 Å². The number of piperidine rings is 1. The Labute approximate surface area is 148 Å². The van der Waals surface area contributed by atoms with E-state index in [1.165, 1.54) is 49.8 Å². The number of hydrogen-bond donors (Lipinski definition) is 1. The Morgan fingerprint density at radius 2 is 1.88 bits per heavy atom. The number of aromatic amines is 1. The number of rotatable bonds is 6. The Hall–Kier alpha value is -1.95. The Kier molecular flexibility index (Phi) is 3.93. The first-order valence-corrected chi connectivity index (χ1v) is 9.67.